The summed E-state index contributed by atoms with van der Waals surface area (Å²) in [6.07, 6.45) is -1.01. The molecule has 0 amide bonds. The van der Waals surface area contributed by atoms with Crippen molar-refractivity contribution in [2.45, 2.75) is 32.3 Å². The van der Waals surface area contributed by atoms with Crippen molar-refractivity contribution in [1.82, 2.24) is 0 Å². The van der Waals surface area contributed by atoms with E-state index in [1.807, 2.05) is 12.1 Å². The molecular weight excluding hydrogens is 174 g/mol. The van der Waals surface area contributed by atoms with Crippen molar-refractivity contribution >= 4 is 0 Å². The van der Waals surface area contributed by atoms with Crippen molar-refractivity contribution in [3.8, 4) is 6.07 Å². The zero-order valence-corrected chi connectivity index (χ0v) is 8.78. The van der Waals surface area contributed by atoms with Crippen LogP contribution >= 0.6 is 0 Å². The van der Waals surface area contributed by atoms with Crippen molar-refractivity contribution in [3.05, 3.63) is 35.4 Å². The third-order valence-corrected chi connectivity index (χ3v) is 2.21. The molecule has 0 bridgehead atoms. The fourth-order valence-electron chi connectivity index (χ4n) is 1.24. The smallest absolute Gasteiger partial charge is 0.165 e. The van der Waals surface area contributed by atoms with Gasteiger partial charge in [-0.25, -0.2) is 0 Å². The fraction of sp³-hybridized carbons (Fsp3) is 0.417. The Bertz CT molecular complexity index is 340. The Hall–Kier alpha value is -1.33. The molecule has 1 atom stereocenters. The molecule has 0 spiro atoms. The number of nitriles is 1. The minimum Gasteiger partial charge on any atom is -0.374 e. The Kier molecular flexibility index (Phi) is 2.93. The van der Waals surface area contributed by atoms with Gasteiger partial charge in [0.15, 0.2) is 6.10 Å². The van der Waals surface area contributed by atoms with Crippen LogP contribution in [0.25, 0.3) is 0 Å². The summed E-state index contributed by atoms with van der Waals surface area (Å²) in [5, 5.41) is 17.8. The van der Waals surface area contributed by atoms with E-state index in [2.05, 4.69) is 20.8 Å². The normalized spacial score (nSPS) is 13.4. The van der Waals surface area contributed by atoms with Gasteiger partial charge < -0.3 is 5.11 Å². The van der Waals surface area contributed by atoms with E-state index < -0.39 is 6.10 Å². The molecule has 0 unspecified atom stereocenters. The van der Waals surface area contributed by atoms with E-state index in [1.165, 1.54) is 5.56 Å². The number of aliphatic hydroxyl groups excluding tert-OH is 1. The summed E-state index contributed by atoms with van der Waals surface area (Å²) >= 11 is 0. The van der Waals surface area contributed by atoms with Crippen LogP contribution in [0.1, 0.15) is 38.0 Å². The van der Waals surface area contributed by atoms with Crippen LogP contribution in [-0.4, -0.2) is 5.11 Å². The molecule has 0 fully saturated rings. The molecule has 0 saturated carbocycles. The maximum absolute atomic E-state index is 9.26. The molecule has 0 aromatic heterocycles. The Morgan fingerprint density at radius 1 is 1.21 bits per heavy atom. The molecule has 1 aromatic rings. The second-order valence-corrected chi connectivity index (χ2v) is 4.40. The van der Waals surface area contributed by atoms with Gasteiger partial charge in [-0.15, -0.1) is 0 Å². The largest absolute Gasteiger partial charge is 0.374 e. The summed E-state index contributed by atoms with van der Waals surface area (Å²) in [7, 11) is 0. The number of benzene rings is 1. The molecule has 1 rings (SSSR count). The first-order valence-corrected chi connectivity index (χ1v) is 4.63. The lowest BCUT2D eigenvalue weighted by molar-refractivity contribution is 0.236. The number of nitrogens with zero attached hydrogens (tertiary/aromatic N) is 1. The molecule has 0 saturated heterocycles. The SMILES string of the molecule is CC(C)(C)c1ccc([C@H](O)C#N)cc1. The molecule has 0 heterocycles. The van der Waals surface area contributed by atoms with Gasteiger partial charge in [-0.1, -0.05) is 45.0 Å². The van der Waals surface area contributed by atoms with Crippen LogP contribution in [0.4, 0.5) is 0 Å². The first-order valence-electron chi connectivity index (χ1n) is 4.63. The predicted molar refractivity (Wildman–Crippen MR) is 55.7 cm³/mol. The van der Waals surface area contributed by atoms with Gasteiger partial charge in [0, 0.05) is 0 Å². The second kappa shape index (κ2) is 3.81. The highest BCUT2D eigenvalue weighted by Gasteiger charge is 2.13. The van der Waals surface area contributed by atoms with Gasteiger partial charge in [0.1, 0.15) is 0 Å². The van der Waals surface area contributed by atoms with Gasteiger partial charge in [0.25, 0.3) is 0 Å². The number of hydrogen-bond acceptors (Lipinski definition) is 2. The molecule has 1 aromatic carbocycles. The fourth-order valence-corrected chi connectivity index (χ4v) is 1.24. The van der Waals surface area contributed by atoms with Crippen molar-refractivity contribution in [1.29, 1.82) is 5.26 Å². The van der Waals surface area contributed by atoms with Crippen LogP contribution in [0.15, 0.2) is 24.3 Å². The van der Waals surface area contributed by atoms with Gasteiger partial charge in [-0.2, -0.15) is 5.26 Å². The molecule has 0 aliphatic rings. The van der Waals surface area contributed by atoms with E-state index in [0.29, 0.717) is 5.56 Å². The molecular formula is C12H15NO. The lowest BCUT2D eigenvalue weighted by atomic mass is 9.86. The molecule has 1 N–H and O–H groups in total. The van der Waals surface area contributed by atoms with E-state index >= 15 is 0 Å². The molecule has 74 valence electrons. The van der Waals surface area contributed by atoms with E-state index in [9.17, 15) is 5.11 Å². The quantitative estimate of drug-likeness (QED) is 0.690. The number of aliphatic hydroxyl groups is 1. The first-order chi connectivity index (χ1) is 6.45. The zero-order chi connectivity index (χ0) is 10.8. The minimum absolute atomic E-state index is 0.107. The van der Waals surface area contributed by atoms with Crippen LogP contribution in [0, 0.1) is 11.3 Å². The summed E-state index contributed by atoms with van der Waals surface area (Å²) < 4.78 is 0. The summed E-state index contributed by atoms with van der Waals surface area (Å²) in [6.45, 7) is 6.38. The van der Waals surface area contributed by atoms with Gasteiger partial charge in [-0.05, 0) is 16.5 Å². The third-order valence-electron chi connectivity index (χ3n) is 2.21. The highest BCUT2D eigenvalue weighted by Crippen LogP contribution is 2.23. The average molecular weight is 189 g/mol. The van der Waals surface area contributed by atoms with Crippen molar-refractivity contribution in [2.24, 2.45) is 0 Å². The van der Waals surface area contributed by atoms with Gasteiger partial charge in [-0.3, -0.25) is 0 Å². The van der Waals surface area contributed by atoms with Gasteiger partial charge >= 0.3 is 0 Å². The average Bonchev–Trinajstić information content (AvgIpc) is 2.15. The first kappa shape index (κ1) is 10.7. The maximum atomic E-state index is 9.26. The third kappa shape index (κ3) is 2.34. The summed E-state index contributed by atoms with van der Waals surface area (Å²) in [5.41, 5.74) is 1.96. The van der Waals surface area contributed by atoms with Crippen molar-refractivity contribution in [3.63, 3.8) is 0 Å². The summed E-state index contributed by atoms with van der Waals surface area (Å²) in [4.78, 5) is 0. The summed E-state index contributed by atoms with van der Waals surface area (Å²) in [6, 6.07) is 9.30. The Morgan fingerprint density at radius 3 is 2.07 bits per heavy atom. The van der Waals surface area contributed by atoms with Gasteiger partial charge in [0.2, 0.25) is 0 Å². The molecule has 0 aliphatic carbocycles. The number of rotatable bonds is 1. The van der Waals surface area contributed by atoms with Crippen LogP contribution in [0.2, 0.25) is 0 Å². The maximum Gasteiger partial charge on any atom is 0.165 e. The lowest BCUT2D eigenvalue weighted by Gasteiger charge is -2.19. The summed E-state index contributed by atoms with van der Waals surface area (Å²) in [5.74, 6) is 0. The topological polar surface area (TPSA) is 44.0 Å². The number of hydrogen-bond donors (Lipinski definition) is 1. The van der Waals surface area contributed by atoms with E-state index in [1.54, 1.807) is 18.2 Å². The monoisotopic (exact) mass is 189 g/mol. The molecule has 2 nitrogen and oxygen atoms in total. The Labute approximate surface area is 84.8 Å². The minimum atomic E-state index is -1.01. The van der Waals surface area contributed by atoms with E-state index in [4.69, 9.17) is 5.26 Å². The van der Waals surface area contributed by atoms with Crippen LogP contribution in [0.5, 0.6) is 0 Å². The molecule has 2 heteroatoms. The van der Waals surface area contributed by atoms with Crippen LogP contribution in [-0.2, 0) is 5.41 Å². The molecule has 0 radical (unpaired) electrons. The standard InChI is InChI=1S/C12H15NO/c1-12(2,3)10-6-4-9(5-7-10)11(14)8-13/h4-7,11,14H,1-3H3/t11-/m1/s1. The zero-order valence-electron chi connectivity index (χ0n) is 8.78. The molecule has 0 aliphatic heterocycles. The van der Waals surface area contributed by atoms with E-state index in [0.717, 1.165) is 0 Å². The highest BCUT2D eigenvalue weighted by molar-refractivity contribution is 5.30. The predicted octanol–water partition coefficient (Wildman–Crippen LogP) is 2.54. The van der Waals surface area contributed by atoms with Crippen LogP contribution in [0.3, 0.4) is 0 Å². The van der Waals surface area contributed by atoms with Gasteiger partial charge in [0.05, 0.1) is 6.07 Å². The van der Waals surface area contributed by atoms with Crippen molar-refractivity contribution < 1.29 is 5.11 Å². The highest BCUT2D eigenvalue weighted by atomic mass is 16.3. The van der Waals surface area contributed by atoms with E-state index in [-0.39, 0.29) is 5.41 Å². The Balaban J connectivity index is 2.96. The second-order valence-electron chi connectivity index (χ2n) is 4.40. The van der Waals surface area contributed by atoms with Crippen molar-refractivity contribution in [2.75, 3.05) is 0 Å². The Morgan fingerprint density at radius 2 is 1.71 bits per heavy atom. The lowest BCUT2D eigenvalue weighted by Crippen LogP contribution is -2.10. The van der Waals surface area contributed by atoms with Crippen LogP contribution < -0.4 is 0 Å². The molecule has 14 heavy (non-hydrogen) atoms.